The van der Waals surface area contributed by atoms with Gasteiger partial charge in [-0.05, 0) is 75.0 Å². The molecule has 3 aliphatic rings. The number of nitrogens with two attached hydrogens (primary N) is 1. The van der Waals surface area contributed by atoms with Gasteiger partial charge >= 0.3 is 12.0 Å². The summed E-state index contributed by atoms with van der Waals surface area (Å²) in [6.07, 6.45) is 5.92. The Labute approximate surface area is 274 Å². The smallest absolute Gasteiger partial charge is 0.329 e. The van der Waals surface area contributed by atoms with Crippen molar-refractivity contribution in [2.24, 2.45) is 34.3 Å². The van der Waals surface area contributed by atoms with Crippen molar-refractivity contribution in [3.8, 4) is 0 Å². The zero-order valence-electron chi connectivity index (χ0n) is 29.3. The molecule has 2 unspecified atom stereocenters. The van der Waals surface area contributed by atoms with Crippen LogP contribution in [0.3, 0.4) is 0 Å². The van der Waals surface area contributed by atoms with E-state index in [1.807, 2.05) is 41.5 Å². The van der Waals surface area contributed by atoms with Crippen molar-refractivity contribution in [1.82, 2.24) is 20.9 Å². The molecule has 2 saturated carbocycles. The molecule has 12 nitrogen and oxygen atoms in total. The molecular formula is C34H57N5O7. The van der Waals surface area contributed by atoms with Crippen molar-refractivity contribution in [3.63, 3.8) is 0 Å². The van der Waals surface area contributed by atoms with Crippen LogP contribution in [0.15, 0.2) is 0 Å². The van der Waals surface area contributed by atoms with E-state index in [0.717, 1.165) is 25.7 Å². The van der Waals surface area contributed by atoms with E-state index < -0.39 is 70.2 Å². The van der Waals surface area contributed by atoms with E-state index in [0.29, 0.717) is 32.2 Å². The van der Waals surface area contributed by atoms with Gasteiger partial charge in [0, 0.05) is 6.54 Å². The zero-order valence-corrected chi connectivity index (χ0v) is 29.3. The number of ether oxygens (including phenoxy) is 1. The lowest BCUT2D eigenvalue weighted by atomic mass is 9.79. The summed E-state index contributed by atoms with van der Waals surface area (Å²) in [7, 11) is 0. The molecule has 0 spiro atoms. The zero-order chi connectivity index (χ0) is 34.8. The molecule has 12 heteroatoms. The van der Waals surface area contributed by atoms with Gasteiger partial charge in [-0.25, -0.2) is 9.59 Å². The first-order chi connectivity index (χ1) is 21.1. The van der Waals surface area contributed by atoms with E-state index in [2.05, 4.69) is 16.0 Å². The monoisotopic (exact) mass is 647 g/mol. The second-order valence-electron chi connectivity index (χ2n) is 16.4. The molecule has 5 amide bonds. The minimum absolute atomic E-state index is 0.0421. The van der Waals surface area contributed by atoms with Crippen LogP contribution in [0.25, 0.3) is 0 Å². The van der Waals surface area contributed by atoms with Gasteiger partial charge < -0.3 is 31.3 Å². The number of esters is 1. The molecule has 0 radical (unpaired) electrons. The van der Waals surface area contributed by atoms with Crippen molar-refractivity contribution in [3.05, 3.63) is 0 Å². The van der Waals surface area contributed by atoms with Crippen LogP contribution in [0, 0.1) is 28.6 Å². The number of ketones is 1. The molecular weight excluding hydrogens is 590 g/mol. The molecule has 0 aromatic carbocycles. The SMILES string of the molecule is CC(C)[C@H]1CCN(C(=O)[C@@H](NC(=O)NC(C(=O)OC(C)(C)C)C(C)(C)C)C2(C)CCCC2)[C@@H]1C(=O)NC(CC1CC1)C(=O)C(N)=O. The third-order valence-electron chi connectivity index (χ3n) is 9.74. The Kier molecular flexibility index (Phi) is 11.6. The molecule has 0 aromatic rings. The van der Waals surface area contributed by atoms with Crippen LogP contribution in [0.5, 0.6) is 0 Å². The molecule has 46 heavy (non-hydrogen) atoms. The number of amides is 5. The summed E-state index contributed by atoms with van der Waals surface area (Å²) in [5.41, 5.74) is 3.30. The molecule has 1 saturated heterocycles. The van der Waals surface area contributed by atoms with E-state index in [-0.39, 0.29) is 23.7 Å². The van der Waals surface area contributed by atoms with Gasteiger partial charge in [0.1, 0.15) is 23.7 Å². The maximum Gasteiger partial charge on any atom is 0.329 e. The Bertz CT molecular complexity index is 1180. The first-order valence-electron chi connectivity index (χ1n) is 16.9. The highest BCUT2D eigenvalue weighted by Gasteiger charge is 2.50. The maximum atomic E-state index is 14.5. The van der Waals surface area contributed by atoms with Crippen molar-refractivity contribution in [2.75, 3.05) is 6.54 Å². The number of hydrogen-bond acceptors (Lipinski definition) is 7. The van der Waals surface area contributed by atoms with Crippen LogP contribution in [0.2, 0.25) is 0 Å². The van der Waals surface area contributed by atoms with Gasteiger partial charge in [-0.3, -0.25) is 19.2 Å². The summed E-state index contributed by atoms with van der Waals surface area (Å²) in [4.78, 5) is 81.2. The van der Waals surface area contributed by atoms with E-state index in [1.54, 1.807) is 20.8 Å². The normalized spacial score (nSPS) is 23.3. The number of rotatable bonds is 12. The summed E-state index contributed by atoms with van der Waals surface area (Å²) < 4.78 is 5.59. The lowest BCUT2D eigenvalue weighted by Crippen LogP contribution is -2.63. The number of urea groups is 1. The minimum atomic E-state index is -1.10. The third kappa shape index (κ3) is 9.44. The average molecular weight is 648 g/mol. The van der Waals surface area contributed by atoms with Gasteiger partial charge in [-0.15, -0.1) is 0 Å². The molecule has 2 aliphatic carbocycles. The first kappa shape index (κ1) is 37.3. The predicted molar refractivity (Wildman–Crippen MR) is 173 cm³/mol. The molecule has 0 bridgehead atoms. The number of hydrogen-bond donors (Lipinski definition) is 4. The van der Waals surface area contributed by atoms with Crippen LogP contribution in [0.4, 0.5) is 4.79 Å². The fourth-order valence-corrected chi connectivity index (χ4v) is 6.91. The van der Waals surface area contributed by atoms with Gasteiger partial charge in [-0.2, -0.15) is 0 Å². The molecule has 0 aromatic heterocycles. The lowest BCUT2D eigenvalue weighted by Gasteiger charge is -2.39. The van der Waals surface area contributed by atoms with Crippen LogP contribution in [0.1, 0.15) is 114 Å². The van der Waals surface area contributed by atoms with Crippen molar-refractivity contribution in [1.29, 1.82) is 0 Å². The van der Waals surface area contributed by atoms with Crippen molar-refractivity contribution >= 4 is 35.5 Å². The van der Waals surface area contributed by atoms with Gasteiger partial charge in [0.15, 0.2) is 0 Å². The third-order valence-corrected chi connectivity index (χ3v) is 9.74. The Morgan fingerprint density at radius 3 is 1.98 bits per heavy atom. The Morgan fingerprint density at radius 2 is 1.50 bits per heavy atom. The topological polar surface area (TPSA) is 177 Å². The van der Waals surface area contributed by atoms with E-state index in [9.17, 15) is 28.8 Å². The molecule has 260 valence electrons. The quantitative estimate of drug-likeness (QED) is 0.186. The largest absolute Gasteiger partial charge is 0.458 e. The maximum absolute atomic E-state index is 14.5. The Morgan fingerprint density at radius 1 is 0.913 bits per heavy atom. The molecule has 5 atom stereocenters. The number of primary amides is 1. The highest BCUT2D eigenvalue weighted by atomic mass is 16.6. The molecule has 5 N–H and O–H groups in total. The number of likely N-dealkylation sites (tertiary alicyclic amines) is 1. The summed E-state index contributed by atoms with van der Waals surface area (Å²) in [5, 5.41) is 8.47. The minimum Gasteiger partial charge on any atom is -0.458 e. The summed E-state index contributed by atoms with van der Waals surface area (Å²) in [6, 6.07) is -4.56. The van der Waals surface area contributed by atoms with E-state index in [4.69, 9.17) is 10.5 Å². The van der Waals surface area contributed by atoms with E-state index in [1.165, 1.54) is 4.90 Å². The Balaban J connectivity index is 1.89. The number of Topliss-reactive ketones (excluding diaryl/α,β-unsaturated/α-hetero) is 1. The molecule has 1 heterocycles. The number of carbonyl (C=O) groups is 6. The highest BCUT2D eigenvalue weighted by Crippen LogP contribution is 2.43. The van der Waals surface area contributed by atoms with Gasteiger partial charge in [0.05, 0.1) is 6.04 Å². The van der Waals surface area contributed by atoms with Gasteiger partial charge in [0.2, 0.25) is 17.6 Å². The summed E-state index contributed by atoms with van der Waals surface area (Å²) >= 11 is 0. The fourth-order valence-electron chi connectivity index (χ4n) is 6.91. The second kappa shape index (κ2) is 14.3. The van der Waals surface area contributed by atoms with Crippen molar-refractivity contribution in [2.45, 2.75) is 143 Å². The van der Waals surface area contributed by atoms with Crippen LogP contribution in [-0.2, 0) is 28.7 Å². The molecule has 3 fully saturated rings. The summed E-state index contributed by atoms with van der Waals surface area (Å²) in [6.45, 7) is 17.0. The standard InChI is InChI=1S/C34H57N5O7/c1-19(2)21-14-17-39(23(21)28(42)36-22(18-20-12-13-20)24(40)27(35)41)29(43)25(34(9)15-10-11-16-34)37-31(45)38-26(32(3,4)5)30(44)46-33(6,7)8/h19-23,25-26H,10-18H2,1-9H3,(H2,35,41)(H,36,42)(H2,37,38,45)/t21-,22?,23+,25-,26?/m1/s1. The van der Waals surface area contributed by atoms with Gasteiger partial charge in [-0.1, -0.05) is 67.2 Å². The van der Waals surface area contributed by atoms with Gasteiger partial charge in [0.25, 0.3) is 5.91 Å². The van der Waals surface area contributed by atoms with Crippen LogP contribution in [-0.4, -0.2) is 76.7 Å². The fraction of sp³-hybridized carbons (Fsp3) is 0.824. The highest BCUT2D eigenvalue weighted by molar-refractivity contribution is 6.37. The predicted octanol–water partition coefficient (Wildman–Crippen LogP) is 3.20. The van der Waals surface area contributed by atoms with Crippen LogP contribution >= 0.6 is 0 Å². The number of carbonyl (C=O) groups excluding carboxylic acids is 6. The molecule has 3 rings (SSSR count). The van der Waals surface area contributed by atoms with Crippen LogP contribution < -0.4 is 21.7 Å². The number of nitrogens with zero attached hydrogens (tertiary/aromatic N) is 1. The lowest BCUT2D eigenvalue weighted by molar-refractivity contribution is -0.160. The van der Waals surface area contributed by atoms with E-state index >= 15 is 0 Å². The first-order valence-corrected chi connectivity index (χ1v) is 16.9. The Hall–Kier alpha value is -3.18. The van der Waals surface area contributed by atoms with Crippen molar-refractivity contribution < 1.29 is 33.5 Å². The number of nitrogens with one attached hydrogen (secondary N) is 3. The average Bonchev–Trinajstić information content (AvgIpc) is 3.43. The second-order valence-corrected chi connectivity index (χ2v) is 16.4. The summed E-state index contributed by atoms with van der Waals surface area (Å²) in [5.74, 6) is -3.32. The molecule has 1 aliphatic heterocycles.